The van der Waals surface area contributed by atoms with Gasteiger partial charge in [-0.3, -0.25) is 4.99 Å². The van der Waals surface area contributed by atoms with Crippen molar-refractivity contribution in [3.8, 4) is 0 Å². The van der Waals surface area contributed by atoms with Gasteiger partial charge in [0.05, 0.1) is 19.0 Å². The van der Waals surface area contributed by atoms with Crippen LogP contribution in [0, 0.1) is 5.41 Å². The topological polar surface area (TPSA) is 83.5 Å². The molecule has 1 spiro atoms. The van der Waals surface area contributed by atoms with Crippen LogP contribution in [0.25, 0.3) is 0 Å². The minimum atomic E-state index is -0.142. The van der Waals surface area contributed by atoms with E-state index in [-0.39, 0.29) is 6.09 Å². The van der Waals surface area contributed by atoms with Gasteiger partial charge in [-0.2, -0.15) is 0 Å². The molecule has 2 heterocycles. The van der Waals surface area contributed by atoms with Gasteiger partial charge in [-0.25, -0.2) is 9.79 Å². The van der Waals surface area contributed by atoms with E-state index in [0.717, 1.165) is 45.4 Å². The van der Waals surface area contributed by atoms with Gasteiger partial charge >= 0.3 is 6.09 Å². The monoisotopic (exact) mass is 335 g/mol. The summed E-state index contributed by atoms with van der Waals surface area (Å²) in [6.45, 7) is 6.26. The molecule has 3 aliphatic rings. The number of hydrogen-bond donors (Lipinski definition) is 1. The largest absolute Gasteiger partial charge is 0.450 e. The number of piperidine rings is 1. The number of amides is 1. The lowest BCUT2D eigenvalue weighted by atomic mass is 9.64. The van der Waals surface area contributed by atoms with E-state index in [1.165, 1.54) is 19.2 Å². The molecule has 1 aliphatic carbocycles. The Morgan fingerprint density at radius 1 is 1.33 bits per heavy atom. The van der Waals surface area contributed by atoms with E-state index in [1.54, 1.807) is 6.34 Å². The van der Waals surface area contributed by atoms with Crippen LogP contribution < -0.4 is 5.73 Å². The molecule has 7 nitrogen and oxygen atoms in total. The van der Waals surface area contributed by atoms with E-state index < -0.39 is 0 Å². The average Bonchev–Trinajstić information content (AvgIpc) is 3.01. The van der Waals surface area contributed by atoms with Crippen LogP contribution in [0.4, 0.5) is 4.79 Å². The number of carbonyl (C=O) groups excluding carboxylic acids is 1. The van der Waals surface area contributed by atoms with Gasteiger partial charge in [0.1, 0.15) is 6.34 Å². The zero-order chi connectivity index (χ0) is 17.0. The van der Waals surface area contributed by atoms with Crippen molar-refractivity contribution in [2.24, 2.45) is 21.1 Å². The first-order chi connectivity index (χ1) is 11.7. The Labute approximate surface area is 143 Å². The molecule has 3 fully saturated rings. The van der Waals surface area contributed by atoms with Crippen molar-refractivity contribution >= 4 is 18.8 Å². The Hall–Kier alpha value is -1.63. The van der Waals surface area contributed by atoms with E-state index in [0.29, 0.717) is 24.1 Å². The highest BCUT2D eigenvalue weighted by molar-refractivity contribution is 5.69. The van der Waals surface area contributed by atoms with Gasteiger partial charge in [-0.05, 0) is 44.4 Å². The van der Waals surface area contributed by atoms with E-state index in [1.807, 2.05) is 11.8 Å². The zero-order valence-corrected chi connectivity index (χ0v) is 14.6. The zero-order valence-electron chi connectivity index (χ0n) is 14.6. The van der Waals surface area contributed by atoms with Crippen molar-refractivity contribution < 1.29 is 9.53 Å². The minimum Gasteiger partial charge on any atom is -0.450 e. The van der Waals surface area contributed by atoms with Crippen molar-refractivity contribution in [3.05, 3.63) is 0 Å². The third-order valence-electron chi connectivity index (χ3n) is 5.75. The third-order valence-corrected chi connectivity index (χ3v) is 5.75. The molecule has 134 valence electrons. The molecular formula is C17H29N5O2. The van der Waals surface area contributed by atoms with Crippen LogP contribution in [0.5, 0.6) is 0 Å². The molecule has 0 radical (unpaired) electrons. The lowest BCUT2D eigenvalue weighted by Crippen LogP contribution is -2.54. The molecule has 2 N–H and O–H groups in total. The standard InChI is InChI=1S/C17H29N5O2/c1-2-24-16(23)22-8-5-17(11-22)9-15(10-17)21-6-3-14(4-7-21)20-13-19-12-18/h12-15H,2-11H2,1H3,(H2,18,19,20). The van der Waals surface area contributed by atoms with Crippen molar-refractivity contribution in [1.82, 2.24) is 9.80 Å². The molecule has 2 saturated heterocycles. The summed E-state index contributed by atoms with van der Waals surface area (Å²) in [4.78, 5) is 24.6. The summed E-state index contributed by atoms with van der Waals surface area (Å²) in [5, 5.41) is 0. The van der Waals surface area contributed by atoms with Gasteiger partial charge in [-0.1, -0.05) is 0 Å². The van der Waals surface area contributed by atoms with Crippen LogP contribution in [0.2, 0.25) is 0 Å². The first kappa shape index (κ1) is 17.2. The smallest absolute Gasteiger partial charge is 0.409 e. The normalized spacial score (nSPS) is 32.0. The lowest BCUT2D eigenvalue weighted by Gasteiger charge is -2.51. The summed E-state index contributed by atoms with van der Waals surface area (Å²) >= 11 is 0. The SMILES string of the molecule is CCOC(=O)N1CCC2(CC(N3CCC(N=CN=CN)CC3)C2)C1. The van der Waals surface area contributed by atoms with Crippen LogP contribution in [-0.4, -0.2) is 73.4 Å². The van der Waals surface area contributed by atoms with Crippen molar-refractivity contribution in [1.29, 1.82) is 0 Å². The number of nitrogens with zero attached hydrogens (tertiary/aromatic N) is 4. The van der Waals surface area contributed by atoms with Gasteiger partial charge in [0, 0.05) is 32.2 Å². The molecule has 0 unspecified atom stereocenters. The molecule has 1 saturated carbocycles. The van der Waals surface area contributed by atoms with Gasteiger partial charge in [0.15, 0.2) is 0 Å². The first-order valence-corrected chi connectivity index (χ1v) is 9.06. The highest BCUT2D eigenvalue weighted by Gasteiger charge is 2.51. The number of aliphatic imine (C=N–C) groups is 2. The van der Waals surface area contributed by atoms with Gasteiger partial charge in [-0.15, -0.1) is 0 Å². The molecule has 0 bridgehead atoms. The number of ether oxygens (including phenoxy) is 1. The summed E-state index contributed by atoms with van der Waals surface area (Å²) in [6, 6.07) is 1.06. The number of nitrogens with two attached hydrogens (primary N) is 1. The predicted octanol–water partition coefficient (Wildman–Crippen LogP) is 1.48. The maximum absolute atomic E-state index is 11.9. The van der Waals surface area contributed by atoms with E-state index >= 15 is 0 Å². The van der Waals surface area contributed by atoms with E-state index in [2.05, 4.69) is 14.9 Å². The number of hydrogen-bond acceptors (Lipinski definition) is 4. The van der Waals surface area contributed by atoms with Gasteiger partial charge < -0.3 is 20.3 Å². The van der Waals surface area contributed by atoms with Gasteiger partial charge in [0.2, 0.25) is 0 Å². The number of carbonyl (C=O) groups is 1. The summed E-state index contributed by atoms with van der Waals surface area (Å²) in [6.07, 6.45) is 8.44. The quantitative estimate of drug-likeness (QED) is 0.623. The summed E-state index contributed by atoms with van der Waals surface area (Å²) in [7, 11) is 0. The second-order valence-electron chi connectivity index (χ2n) is 7.26. The Balaban J connectivity index is 1.41. The van der Waals surface area contributed by atoms with Crippen LogP contribution >= 0.6 is 0 Å². The maximum atomic E-state index is 11.9. The maximum Gasteiger partial charge on any atom is 0.409 e. The summed E-state index contributed by atoms with van der Waals surface area (Å²) in [5.74, 6) is 0. The van der Waals surface area contributed by atoms with Crippen LogP contribution in [0.15, 0.2) is 9.98 Å². The molecule has 0 atom stereocenters. The Morgan fingerprint density at radius 2 is 2.08 bits per heavy atom. The highest BCUT2D eigenvalue weighted by atomic mass is 16.6. The number of rotatable bonds is 4. The Bertz CT molecular complexity index is 493. The molecule has 0 aromatic rings. The molecule has 1 amide bonds. The molecule has 3 rings (SSSR count). The summed E-state index contributed by atoms with van der Waals surface area (Å²) < 4.78 is 5.13. The Kier molecular flexibility index (Phi) is 5.38. The predicted molar refractivity (Wildman–Crippen MR) is 94.4 cm³/mol. The lowest BCUT2D eigenvalue weighted by molar-refractivity contribution is -0.00420. The molecule has 0 aromatic heterocycles. The summed E-state index contributed by atoms with van der Waals surface area (Å²) in [5.41, 5.74) is 5.56. The van der Waals surface area contributed by atoms with Crippen LogP contribution in [-0.2, 0) is 4.74 Å². The minimum absolute atomic E-state index is 0.142. The van der Waals surface area contributed by atoms with Crippen molar-refractivity contribution in [2.45, 2.75) is 51.1 Å². The molecule has 24 heavy (non-hydrogen) atoms. The molecule has 7 heteroatoms. The fourth-order valence-electron chi connectivity index (χ4n) is 4.41. The fourth-order valence-corrected chi connectivity index (χ4v) is 4.41. The Morgan fingerprint density at radius 3 is 2.75 bits per heavy atom. The van der Waals surface area contributed by atoms with Crippen LogP contribution in [0.1, 0.15) is 39.0 Å². The van der Waals surface area contributed by atoms with Crippen molar-refractivity contribution in [3.63, 3.8) is 0 Å². The highest BCUT2D eigenvalue weighted by Crippen LogP contribution is 2.50. The van der Waals surface area contributed by atoms with Gasteiger partial charge in [0.25, 0.3) is 0 Å². The van der Waals surface area contributed by atoms with E-state index in [4.69, 9.17) is 10.5 Å². The van der Waals surface area contributed by atoms with Crippen molar-refractivity contribution in [2.75, 3.05) is 32.8 Å². The molecular weight excluding hydrogens is 306 g/mol. The molecule has 0 aromatic carbocycles. The average molecular weight is 335 g/mol. The fraction of sp³-hybridized carbons (Fsp3) is 0.824. The molecule has 2 aliphatic heterocycles. The van der Waals surface area contributed by atoms with Crippen LogP contribution in [0.3, 0.4) is 0 Å². The first-order valence-electron chi connectivity index (χ1n) is 9.06. The number of likely N-dealkylation sites (tertiary alicyclic amines) is 2. The second-order valence-corrected chi connectivity index (χ2v) is 7.26. The third kappa shape index (κ3) is 3.71. The van der Waals surface area contributed by atoms with E-state index in [9.17, 15) is 4.79 Å². The second kappa shape index (κ2) is 7.51.